The van der Waals surface area contributed by atoms with E-state index in [0.717, 1.165) is 25.8 Å². The summed E-state index contributed by atoms with van der Waals surface area (Å²) in [5, 5.41) is 5.32. The van der Waals surface area contributed by atoms with Gasteiger partial charge < -0.3 is 10.2 Å². The number of likely N-dealkylation sites (tertiary alicyclic amines) is 1. The normalized spacial score (nSPS) is 17.4. The molecule has 0 saturated carbocycles. The van der Waals surface area contributed by atoms with Gasteiger partial charge in [-0.3, -0.25) is 0 Å². The fraction of sp³-hybridized carbons (Fsp3) is 0.316. The molecule has 0 aromatic heterocycles. The molecule has 0 radical (unpaired) electrons. The minimum absolute atomic E-state index is 0.387. The van der Waals surface area contributed by atoms with Gasteiger partial charge in [0.2, 0.25) is 0 Å². The molecule has 1 aliphatic rings. The van der Waals surface area contributed by atoms with Crippen molar-refractivity contribution in [3.05, 3.63) is 63.1 Å². The zero-order chi connectivity index (χ0) is 17.8. The highest BCUT2D eigenvalue weighted by molar-refractivity contribution is 7.80. The molecule has 2 aromatic rings. The van der Waals surface area contributed by atoms with E-state index in [1.165, 1.54) is 12.0 Å². The molecule has 6 heteroatoms. The average molecular weight is 414 g/mol. The Morgan fingerprint density at radius 1 is 1.04 bits per heavy atom. The molecule has 2 nitrogen and oxygen atoms in total. The fourth-order valence-electron chi connectivity index (χ4n) is 3.17. The van der Waals surface area contributed by atoms with E-state index in [2.05, 4.69) is 34.5 Å². The molecule has 0 amide bonds. The summed E-state index contributed by atoms with van der Waals surface area (Å²) in [5.41, 5.74) is 2.01. The Morgan fingerprint density at radius 3 is 2.52 bits per heavy atom. The molecule has 1 unspecified atom stereocenters. The lowest BCUT2D eigenvalue weighted by Crippen LogP contribution is -2.46. The molecule has 1 saturated heterocycles. The van der Waals surface area contributed by atoms with Crippen LogP contribution in [0.5, 0.6) is 0 Å². The Balaban J connectivity index is 1.74. The van der Waals surface area contributed by atoms with Gasteiger partial charge in [-0.2, -0.15) is 0 Å². The zero-order valence-corrected chi connectivity index (χ0v) is 16.7. The van der Waals surface area contributed by atoms with E-state index in [0.29, 0.717) is 31.9 Å². The first-order valence-corrected chi connectivity index (χ1v) is 9.85. The van der Waals surface area contributed by atoms with E-state index in [4.69, 9.17) is 47.0 Å². The number of thiocarbonyl (C=S) groups is 1. The van der Waals surface area contributed by atoms with E-state index < -0.39 is 0 Å². The van der Waals surface area contributed by atoms with Crippen molar-refractivity contribution in [3.63, 3.8) is 0 Å². The molecule has 1 atom stereocenters. The van der Waals surface area contributed by atoms with Gasteiger partial charge in [0.1, 0.15) is 0 Å². The third-order valence-corrected chi connectivity index (χ3v) is 5.83. The van der Waals surface area contributed by atoms with Gasteiger partial charge in [0.05, 0.1) is 20.8 Å². The van der Waals surface area contributed by atoms with Crippen molar-refractivity contribution in [2.24, 2.45) is 0 Å². The number of rotatable bonds is 3. The Morgan fingerprint density at radius 2 is 1.76 bits per heavy atom. The topological polar surface area (TPSA) is 15.3 Å². The summed E-state index contributed by atoms with van der Waals surface area (Å²) in [6.45, 7) is 0.947. The molecule has 0 bridgehead atoms. The van der Waals surface area contributed by atoms with Crippen LogP contribution in [0.1, 0.15) is 24.8 Å². The Bertz CT molecular complexity index is 752. The van der Waals surface area contributed by atoms with E-state index in [-0.39, 0.29) is 0 Å². The summed E-state index contributed by atoms with van der Waals surface area (Å²) < 4.78 is 0. The molecule has 1 heterocycles. The summed E-state index contributed by atoms with van der Waals surface area (Å²) in [7, 11) is 0. The fourth-order valence-corrected chi connectivity index (χ4v) is 4.12. The van der Waals surface area contributed by atoms with Gasteiger partial charge >= 0.3 is 0 Å². The van der Waals surface area contributed by atoms with Crippen molar-refractivity contribution in [2.45, 2.75) is 31.7 Å². The van der Waals surface area contributed by atoms with Gasteiger partial charge in [0.25, 0.3) is 0 Å². The minimum atomic E-state index is 0.387. The van der Waals surface area contributed by atoms with Gasteiger partial charge in [-0.15, -0.1) is 0 Å². The van der Waals surface area contributed by atoms with Crippen molar-refractivity contribution in [1.29, 1.82) is 0 Å². The first-order chi connectivity index (χ1) is 12.0. The van der Waals surface area contributed by atoms with Crippen molar-refractivity contribution < 1.29 is 0 Å². The van der Waals surface area contributed by atoms with Crippen LogP contribution in [-0.4, -0.2) is 22.6 Å². The number of nitrogens with zero attached hydrogens (tertiary/aromatic N) is 1. The number of hydrogen-bond donors (Lipinski definition) is 1. The largest absolute Gasteiger partial charge is 0.346 e. The van der Waals surface area contributed by atoms with E-state index in [1.807, 2.05) is 6.07 Å². The third kappa shape index (κ3) is 4.79. The molecule has 1 aliphatic heterocycles. The van der Waals surface area contributed by atoms with Gasteiger partial charge in [0.15, 0.2) is 5.11 Å². The zero-order valence-electron chi connectivity index (χ0n) is 13.6. The SMILES string of the molecule is S=C(Nc1cc(Cl)c(Cl)cc1Cl)N1CCCCC1Cc1ccccc1. The second-order valence-electron chi connectivity index (χ2n) is 6.21. The van der Waals surface area contributed by atoms with E-state index in [1.54, 1.807) is 12.1 Å². The Labute approximate surface area is 169 Å². The first kappa shape index (κ1) is 18.8. The van der Waals surface area contributed by atoms with Crippen molar-refractivity contribution in [1.82, 2.24) is 4.90 Å². The highest BCUT2D eigenvalue weighted by atomic mass is 35.5. The van der Waals surface area contributed by atoms with E-state index in [9.17, 15) is 0 Å². The predicted molar refractivity (Wildman–Crippen MR) is 112 cm³/mol. The van der Waals surface area contributed by atoms with Crippen molar-refractivity contribution in [2.75, 3.05) is 11.9 Å². The van der Waals surface area contributed by atoms with Crippen molar-refractivity contribution in [3.8, 4) is 0 Å². The number of benzene rings is 2. The smallest absolute Gasteiger partial charge is 0.173 e. The highest BCUT2D eigenvalue weighted by Gasteiger charge is 2.25. The van der Waals surface area contributed by atoms with Gasteiger partial charge in [-0.25, -0.2) is 0 Å². The van der Waals surface area contributed by atoms with Crippen LogP contribution in [-0.2, 0) is 6.42 Å². The monoisotopic (exact) mass is 412 g/mol. The standard InChI is InChI=1S/C19H19Cl3N2S/c20-15-11-17(22)18(12-16(15)21)23-19(25)24-9-5-4-8-14(24)10-13-6-2-1-3-7-13/h1-3,6-7,11-12,14H,4-5,8-10H2,(H,23,25). The van der Waals surface area contributed by atoms with Gasteiger partial charge in [-0.1, -0.05) is 65.1 Å². The lowest BCUT2D eigenvalue weighted by Gasteiger charge is -2.38. The van der Waals surface area contributed by atoms with Crippen LogP contribution in [0.2, 0.25) is 15.1 Å². The minimum Gasteiger partial charge on any atom is -0.346 e. The molecular formula is C19H19Cl3N2S. The van der Waals surface area contributed by atoms with Crippen molar-refractivity contribution >= 4 is 57.8 Å². The summed E-state index contributed by atoms with van der Waals surface area (Å²) >= 11 is 24.0. The molecule has 2 aromatic carbocycles. The maximum atomic E-state index is 6.27. The number of nitrogens with one attached hydrogen (secondary N) is 1. The van der Waals surface area contributed by atoms with Crippen LogP contribution in [0.25, 0.3) is 0 Å². The lowest BCUT2D eigenvalue weighted by molar-refractivity contribution is 0.243. The number of hydrogen-bond acceptors (Lipinski definition) is 1. The number of piperidine rings is 1. The Kier molecular flexibility index (Phi) is 6.45. The average Bonchev–Trinajstić information content (AvgIpc) is 2.61. The highest BCUT2D eigenvalue weighted by Crippen LogP contribution is 2.33. The van der Waals surface area contributed by atoms with Gasteiger partial charge in [0, 0.05) is 12.6 Å². The number of anilines is 1. The van der Waals surface area contributed by atoms with Crippen LogP contribution in [0.3, 0.4) is 0 Å². The molecule has 1 N–H and O–H groups in total. The summed E-state index contributed by atoms with van der Waals surface area (Å²) in [6, 6.07) is 14.3. The van der Waals surface area contributed by atoms with Crippen LogP contribution in [0.4, 0.5) is 5.69 Å². The van der Waals surface area contributed by atoms with E-state index >= 15 is 0 Å². The Hall–Kier alpha value is -1.00. The molecular weight excluding hydrogens is 395 g/mol. The second kappa shape index (κ2) is 8.59. The van der Waals surface area contributed by atoms with Gasteiger partial charge in [-0.05, 0) is 55.6 Å². The molecule has 3 rings (SSSR count). The third-order valence-electron chi connectivity index (χ3n) is 4.45. The van der Waals surface area contributed by atoms with Crippen LogP contribution in [0.15, 0.2) is 42.5 Å². The molecule has 0 aliphatic carbocycles. The van der Waals surface area contributed by atoms with Crippen LogP contribution in [0, 0.1) is 0 Å². The van der Waals surface area contributed by atoms with Crippen LogP contribution < -0.4 is 5.32 Å². The quantitative estimate of drug-likeness (QED) is 0.460. The molecule has 132 valence electrons. The molecule has 0 spiro atoms. The maximum absolute atomic E-state index is 6.27. The first-order valence-electron chi connectivity index (χ1n) is 8.30. The number of halogens is 3. The predicted octanol–water partition coefficient (Wildman–Crippen LogP) is 6.44. The summed E-state index contributed by atoms with van der Waals surface area (Å²) in [4.78, 5) is 2.27. The molecule has 1 fully saturated rings. The summed E-state index contributed by atoms with van der Waals surface area (Å²) in [6.07, 6.45) is 4.48. The van der Waals surface area contributed by atoms with Crippen LogP contribution >= 0.6 is 47.0 Å². The maximum Gasteiger partial charge on any atom is 0.173 e. The second-order valence-corrected chi connectivity index (χ2v) is 7.82. The lowest BCUT2D eigenvalue weighted by atomic mass is 9.96. The molecule has 25 heavy (non-hydrogen) atoms. The summed E-state index contributed by atoms with van der Waals surface area (Å²) in [5.74, 6) is 0.